The van der Waals surface area contributed by atoms with Crippen LogP contribution in [0.4, 0.5) is 0 Å². The lowest BCUT2D eigenvalue weighted by Crippen LogP contribution is -2.33. The minimum atomic E-state index is -3.59. The number of hydrogen-bond donors (Lipinski definition) is 1. The Kier molecular flexibility index (Phi) is 4.24. The Bertz CT molecular complexity index is 403. The fourth-order valence-corrected chi connectivity index (χ4v) is 3.31. The number of carbonyl (C=O) groups excluding carboxylic acids is 1. The van der Waals surface area contributed by atoms with Crippen molar-refractivity contribution in [1.29, 1.82) is 0 Å². The lowest BCUT2D eigenvalue weighted by atomic mass is 9.96. The fraction of sp³-hybridized carbons (Fsp3) is 0.909. The van der Waals surface area contributed by atoms with Crippen molar-refractivity contribution in [3.8, 4) is 0 Å². The molecule has 2 aliphatic heterocycles. The SMILES string of the molecule is NS(=O)(=O)C1CC(=O)N(CCC2CCOCC2)C1. The third-order valence-corrected chi connectivity index (χ3v) is 5.04. The van der Waals surface area contributed by atoms with Crippen LogP contribution in [-0.4, -0.2) is 50.8 Å². The Morgan fingerprint density at radius 1 is 1.33 bits per heavy atom. The van der Waals surface area contributed by atoms with Crippen LogP contribution >= 0.6 is 0 Å². The van der Waals surface area contributed by atoms with Gasteiger partial charge in [0, 0.05) is 32.7 Å². The minimum Gasteiger partial charge on any atom is -0.381 e. The molecule has 1 atom stereocenters. The Labute approximate surface area is 108 Å². The molecule has 6 nitrogen and oxygen atoms in total. The van der Waals surface area contributed by atoms with E-state index in [1.165, 1.54) is 0 Å². The molecule has 1 unspecified atom stereocenters. The van der Waals surface area contributed by atoms with E-state index >= 15 is 0 Å². The molecule has 18 heavy (non-hydrogen) atoms. The van der Waals surface area contributed by atoms with Crippen molar-refractivity contribution in [2.24, 2.45) is 11.1 Å². The summed E-state index contributed by atoms with van der Waals surface area (Å²) in [6.45, 7) is 2.47. The number of nitrogens with zero attached hydrogens (tertiary/aromatic N) is 1. The van der Waals surface area contributed by atoms with E-state index < -0.39 is 15.3 Å². The number of rotatable bonds is 4. The van der Waals surface area contributed by atoms with Crippen molar-refractivity contribution in [2.75, 3.05) is 26.3 Å². The van der Waals surface area contributed by atoms with Crippen LogP contribution in [0.3, 0.4) is 0 Å². The van der Waals surface area contributed by atoms with Gasteiger partial charge in [-0.05, 0) is 25.2 Å². The van der Waals surface area contributed by atoms with Crippen LogP contribution in [-0.2, 0) is 19.6 Å². The van der Waals surface area contributed by atoms with E-state index in [2.05, 4.69) is 0 Å². The average Bonchev–Trinajstić information content (AvgIpc) is 2.69. The quantitative estimate of drug-likeness (QED) is 0.763. The van der Waals surface area contributed by atoms with Gasteiger partial charge in [-0.25, -0.2) is 13.6 Å². The molecule has 0 bridgehead atoms. The van der Waals surface area contributed by atoms with Crippen molar-refractivity contribution in [3.05, 3.63) is 0 Å². The highest BCUT2D eigenvalue weighted by Crippen LogP contribution is 2.22. The Hall–Kier alpha value is -0.660. The summed E-state index contributed by atoms with van der Waals surface area (Å²) in [6, 6.07) is 0. The van der Waals surface area contributed by atoms with Gasteiger partial charge in [-0.3, -0.25) is 4.79 Å². The molecule has 104 valence electrons. The second kappa shape index (κ2) is 5.54. The second-order valence-corrected chi connectivity index (χ2v) is 6.94. The molecule has 0 aliphatic carbocycles. The second-order valence-electron chi connectivity index (χ2n) is 5.10. The lowest BCUT2D eigenvalue weighted by Gasteiger charge is -2.24. The molecule has 2 rings (SSSR count). The molecule has 1 amide bonds. The standard InChI is InChI=1S/C11H20N2O4S/c12-18(15,16)10-7-11(14)13(8-10)4-1-9-2-5-17-6-3-9/h9-10H,1-8H2,(H2,12,15,16). The Morgan fingerprint density at radius 2 is 2.00 bits per heavy atom. The fourth-order valence-electron chi connectivity index (χ4n) is 2.55. The number of nitrogens with two attached hydrogens (primary N) is 1. The van der Waals surface area contributed by atoms with E-state index in [1.54, 1.807) is 4.90 Å². The Balaban J connectivity index is 1.81. The van der Waals surface area contributed by atoms with Crippen LogP contribution < -0.4 is 5.14 Å². The summed E-state index contributed by atoms with van der Waals surface area (Å²) in [5.74, 6) is 0.487. The monoisotopic (exact) mass is 276 g/mol. The minimum absolute atomic E-state index is 0.0343. The van der Waals surface area contributed by atoms with Gasteiger partial charge in [0.05, 0.1) is 0 Å². The summed E-state index contributed by atoms with van der Waals surface area (Å²) >= 11 is 0. The summed E-state index contributed by atoms with van der Waals surface area (Å²) in [7, 11) is -3.59. The van der Waals surface area contributed by atoms with Crippen LogP contribution in [0.2, 0.25) is 0 Å². The van der Waals surface area contributed by atoms with Crippen molar-refractivity contribution in [3.63, 3.8) is 0 Å². The van der Waals surface area contributed by atoms with Gasteiger partial charge in [-0.15, -0.1) is 0 Å². The molecule has 0 aromatic heterocycles. The zero-order valence-electron chi connectivity index (χ0n) is 10.4. The highest BCUT2D eigenvalue weighted by molar-refractivity contribution is 7.89. The van der Waals surface area contributed by atoms with Crippen LogP contribution in [0.5, 0.6) is 0 Å². The van der Waals surface area contributed by atoms with Gasteiger partial charge in [-0.2, -0.15) is 0 Å². The topological polar surface area (TPSA) is 89.7 Å². The molecule has 7 heteroatoms. The van der Waals surface area contributed by atoms with Gasteiger partial charge in [0.1, 0.15) is 5.25 Å². The average molecular weight is 276 g/mol. The molecule has 2 heterocycles. The smallest absolute Gasteiger partial charge is 0.224 e. The lowest BCUT2D eigenvalue weighted by molar-refractivity contribution is -0.127. The molecule has 0 aromatic rings. The first-order chi connectivity index (χ1) is 8.47. The zero-order chi connectivity index (χ0) is 13.2. The predicted octanol–water partition coefficient (Wildman–Crippen LogP) is -0.307. The third kappa shape index (κ3) is 3.43. The van der Waals surface area contributed by atoms with Crippen molar-refractivity contribution in [2.45, 2.75) is 30.9 Å². The number of likely N-dealkylation sites (tertiary alicyclic amines) is 1. The van der Waals surface area contributed by atoms with Crippen LogP contribution in [0.1, 0.15) is 25.7 Å². The zero-order valence-corrected chi connectivity index (χ0v) is 11.2. The first-order valence-corrected chi connectivity index (χ1v) is 7.95. The van der Waals surface area contributed by atoms with E-state index in [9.17, 15) is 13.2 Å². The van der Waals surface area contributed by atoms with Gasteiger partial charge in [0.2, 0.25) is 15.9 Å². The van der Waals surface area contributed by atoms with E-state index in [4.69, 9.17) is 9.88 Å². The van der Waals surface area contributed by atoms with Crippen molar-refractivity contribution in [1.82, 2.24) is 4.90 Å². The summed E-state index contributed by atoms with van der Waals surface area (Å²) in [6.07, 6.45) is 3.01. The maximum Gasteiger partial charge on any atom is 0.224 e. The summed E-state index contributed by atoms with van der Waals surface area (Å²) in [5.41, 5.74) is 0. The van der Waals surface area contributed by atoms with Gasteiger partial charge in [-0.1, -0.05) is 0 Å². The number of hydrogen-bond acceptors (Lipinski definition) is 4. The number of primary sulfonamides is 1. The maximum absolute atomic E-state index is 11.7. The summed E-state index contributed by atoms with van der Waals surface area (Å²) < 4.78 is 27.7. The first kappa shape index (κ1) is 13.8. The summed E-state index contributed by atoms with van der Waals surface area (Å²) in [4.78, 5) is 13.3. The molecule has 0 aromatic carbocycles. The molecule has 0 saturated carbocycles. The van der Waals surface area contributed by atoms with Gasteiger partial charge in [0.25, 0.3) is 0 Å². The third-order valence-electron chi connectivity index (χ3n) is 3.79. The van der Waals surface area contributed by atoms with Crippen LogP contribution in [0.25, 0.3) is 0 Å². The van der Waals surface area contributed by atoms with E-state index in [1.807, 2.05) is 0 Å². The van der Waals surface area contributed by atoms with Gasteiger partial charge in [0.15, 0.2) is 0 Å². The normalized spacial score (nSPS) is 26.8. The molecule has 0 spiro atoms. The number of carbonyl (C=O) groups is 1. The first-order valence-electron chi connectivity index (χ1n) is 6.34. The molecule has 2 saturated heterocycles. The molecular weight excluding hydrogens is 256 g/mol. The molecule has 2 N–H and O–H groups in total. The van der Waals surface area contributed by atoms with Gasteiger partial charge >= 0.3 is 0 Å². The Morgan fingerprint density at radius 3 is 2.56 bits per heavy atom. The van der Waals surface area contributed by atoms with Crippen LogP contribution in [0.15, 0.2) is 0 Å². The van der Waals surface area contributed by atoms with Crippen LogP contribution in [0, 0.1) is 5.92 Å². The molecule has 2 fully saturated rings. The largest absolute Gasteiger partial charge is 0.381 e. The molecule has 0 radical (unpaired) electrons. The molecule has 2 aliphatic rings. The van der Waals surface area contributed by atoms with Crippen molar-refractivity contribution < 1.29 is 17.9 Å². The van der Waals surface area contributed by atoms with Gasteiger partial charge < -0.3 is 9.64 Å². The number of sulfonamides is 1. The van der Waals surface area contributed by atoms with E-state index in [0.29, 0.717) is 12.5 Å². The number of ether oxygens (including phenoxy) is 1. The maximum atomic E-state index is 11.7. The predicted molar refractivity (Wildman–Crippen MR) is 66.3 cm³/mol. The highest BCUT2D eigenvalue weighted by Gasteiger charge is 2.36. The number of amides is 1. The molecular formula is C11H20N2O4S. The van der Waals surface area contributed by atoms with E-state index in [-0.39, 0.29) is 18.9 Å². The summed E-state index contributed by atoms with van der Waals surface area (Å²) in [5, 5.41) is 4.36. The van der Waals surface area contributed by atoms with E-state index in [0.717, 1.165) is 32.5 Å². The van der Waals surface area contributed by atoms with Crippen molar-refractivity contribution >= 4 is 15.9 Å². The highest BCUT2D eigenvalue weighted by atomic mass is 32.2.